The predicted octanol–water partition coefficient (Wildman–Crippen LogP) is 6.95. The SMILES string of the molecule is CC(C)CCCC(C)CCCC(C)CCOCC(C)C(C)C. The van der Waals surface area contributed by atoms with Gasteiger partial charge in [0.15, 0.2) is 0 Å². The molecule has 0 aliphatic carbocycles. The molecule has 0 bridgehead atoms. The van der Waals surface area contributed by atoms with E-state index in [1.54, 1.807) is 0 Å². The van der Waals surface area contributed by atoms with Crippen LogP contribution in [-0.4, -0.2) is 13.2 Å². The van der Waals surface area contributed by atoms with E-state index in [0.717, 1.165) is 36.9 Å². The lowest BCUT2D eigenvalue weighted by Crippen LogP contribution is -2.13. The van der Waals surface area contributed by atoms with Gasteiger partial charge in [-0.25, -0.2) is 0 Å². The van der Waals surface area contributed by atoms with Crippen molar-refractivity contribution in [2.24, 2.45) is 29.6 Å². The molecule has 3 atom stereocenters. The number of hydrogen-bond donors (Lipinski definition) is 0. The second-order valence-corrected chi connectivity index (χ2v) is 8.55. The smallest absolute Gasteiger partial charge is 0.0494 e. The van der Waals surface area contributed by atoms with Gasteiger partial charge in [-0.15, -0.1) is 0 Å². The molecule has 0 saturated carbocycles. The van der Waals surface area contributed by atoms with Crippen LogP contribution in [0.4, 0.5) is 0 Å². The highest BCUT2D eigenvalue weighted by Crippen LogP contribution is 2.20. The van der Waals surface area contributed by atoms with Gasteiger partial charge in [-0.05, 0) is 36.0 Å². The monoisotopic (exact) mass is 312 g/mol. The van der Waals surface area contributed by atoms with Crippen LogP contribution in [0.25, 0.3) is 0 Å². The van der Waals surface area contributed by atoms with Crippen molar-refractivity contribution in [3.8, 4) is 0 Å². The molecule has 0 aromatic rings. The van der Waals surface area contributed by atoms with Crippen LogP contribution in [0, 0.1) is 29.6 Å². The molecule has 22 heavy (non-hydrogen) atoms. The minimum Gasteiger partial charge on any atom is -0.381 e. The van der Waals surface area contributed by atoms with Crippen molar-refractivity contribution >= 4 is 0 Å². The summed E-state index contributed by atoms with van der Waals surface area (Å²) in [6.45, 7) is 18.2. The second kappa shape index (κ2) is 13.4. The summed E-state index contributed by atoms with van der Waals surface area (Å²) in [5.41, 5.74) is 0. The lowest BCUT2D eigenvalue weighted by Gasteiger charge is -2.17. The van der Waals surface area contributed by atoms with E-state index in [4.69, 9.17) is 4.74 Å². The lowest BCUT2D eigenvalue weighted by molar-refractivity contribution is 0.0802. The Hall–Kier alpha value is -0.0400. The Morgan fingerprint density at radius 3 is 1.64 bits per heavy atom. The summed E-state index contributed by atoms with van der Waals surface area (Å²) in [5, 5.41) is 0. The first-order valence-electron chi connectivity index (χ1n) is 9.90. The molecule has 0 fully saturated rings. The molecule has 0 aliphatic rings. The van der Waals surface area contributed by atoms with Crippen LogP contribution in [0.5, 0.6) is 0 Å². The van der Waals surface area contributed by atoms with Gasteiger partial charge >= 0.3 is 0 Å². The first-order chi connectivity index (χ1) is 10.3. The van der Waals surface area contributed by atoms with E-state index < -0.39 is 0 Å². The summed E-state index contributed by atoms with van der Waals surface area (Å²) in [4.78, 5) is 0. The van der Waals surface area contributed by atoms with E-state index in [9.17, 15) is 0 Å². The highest BCUT2D eigenvalue weighted by atomic mass is 16.5. The molecule has 0 amide bonds. The fraction of sp³-hybridized carbons (Fsp3) is 1.00. The van der Waals surface area contributed by atoms with E-state index in [2.05, 4.69) is 48.5 Å². The van der Waals surface area contributed by atoms with Crippen molar-refractivity contribution < 1.29 is 4.74 Å². The van der Waals surface area contributed by atoms with Crippen LogP contribution in [0.2, 0.25) is 0 Å². The Morgan fingerprint density at radius 2 is 1.14 bits per heavy atom. The van der Waals surface area contributed by atoms with Gasteiger partial charge in [-0.3, -0.25) is 0 Å². The molecule has 1 nitrogen and oxygen atoms in total. The third kappa shape index (κ3) is 13.6. The Bertz CT molecular complexity index is 234. The summed E-state index contributed by atoms with van der Waals surface area (Å²) in [6.07, 6.45) is 9.64. The molecule has 0 radical (unpaired) electrons. The zero-order valence-corrected chi connectivity index (χ0v) is 16.7. The average molecular weight is 313 g/mol. The number of ether oxygens (including phenoxy) is 1. The maximum absolute atomic E-state index is 5.83. The van der Waals surface area contributed by atoms with Crippen molar-refractivity contribution in [2.75, 3.05) is 13.2 Å². The topological polar surface area (TPSA) is 9.23 Å². The van der Waals surface area contributed by atoms with E-state index >= 15 is 0 Å². The Labute approximate surface area is 141 Å². The standard InChI is InChI=1S/C21H44O/c1-17(2)10-8-11-19(5)12-9-13-20(6)14-15-22-16-21(7)18(3)4/h17-21H,8-16H2,1-7H3. The van der Waals surface area contributed by atoms with Crippen molar-refractivity contribution in [1.29, 1.82) is 0 Å². The van der Waals surface area contributed by atoms with Gasteiger partial charge in [-0.1, -0.05) is 87.0 Å². The summed E-state index contributed by atoms with van der Waals surface area (Å²) in [5.74, 6) is 4.01. The lowest BCUT2D eigenvalue weighted by atomic mass is 9.93. The molecule has 1 heteroatoms. The molecule has 0 N–H and O–H groups in total. The Kier molecular flexibility index (Phi) is 13.4. The molecule has 0 aromatic carbocycles. The van der Waals surface area contributed by atoms with E-state index in [1.807, 2.05) is 0 Å². The normalized spacial score (nSPS) is 16.2. The highest BCUT2D eigenvalue weighted by molar-refractivity contribution is 4.60. The minimum absolute atomic E-state index is 0.682. The van der Waals surface area contributed by atoms with Crippen LogP contribution < -0.4 is 0 Å². The van der Waals surface area contributed by atoms with E-state index in [1.165, 1.54) is 44.9 Å². The zero-order chi connectivity index (χ0) is 17.0. The fourth-order valence-corrected chi connectivity index (χ4v) is 2.72. The maximum atomic E-state index is 5.83. The van der Waals surface area contributed by atoms with Gasteiger partial charge in [0.25, 0.3) is 0 Å². The molecule has 0 spiro atoms. The van der Waals surface area contributed by atoms with Gasteiger partial charge in [0.1, 0.15) is 0 Å². The molecular formula is C21H44O. The molecule has 3 unspecified atom stereocenters. The first kappa shape index (κ1) is 22.0. The molecule has 0 saturated heterocycles. The van der Waals surface area contributed by atoms with Crippen molar-refractivity contribution in [1.82, 2.24) is 0 Å². The van der Waals surface area contributed by atoms with Crippen LogP contribution in [-0.2, 0) is 4.74 Å². The van der Waals surface area contributed by atoms with Gasteiger partial charge in [0.2, 0.25) is 0 Å². The first-order valence-corrected chi connectivity index (χ1v) is 9.90. The summed E-state index contributed by atoms with van der Waals surface area (Å²) in [7, 11) is 0. The van der Waals surface area contributed by atoms with E-state index in [0.29, 0.717) is 5.92 Å². The Morgan fingerprint density at radius 1 is 0.636 bits per heavy atom. The maximum Gasteiger partial charge on any atom is 0.0494 e. The van der Waals surface area contributed by atoms with Crippen LogP contribution in [0.3, 0.4) is 0 Å². The fourth-order valence-electron chi connectivity index (χ4n) is 2.72. The van der Waals surface area contributed by atoms with Gasteiger partial charge < -0.3 is 4.74 Å². The van der Waals surface area contributed by atoms with Gasteiger partial charge in [-0.2, -0.15) is 0 Å². The summed E-state index contributed by atoms with van der Waals surface area (Å²) < 4.78 is 5.83. The van der Waals surface area contributed by atoms with Crippen molar-refractivity contribution in [3.63, 3.8) is 0 Å². The van der Waals surface area contributed by atoms with Gasteiger partial charge in [0.05, 0.1) is 0 Å². The minimum atomic E-state index is 0.682. The Balaban J connectivity index is 3.47. The molecular weight excluding hydrogens is 268 g/mol. The largest absolute Gasteiger partial charge is 0.381 e. The predicted molar refractivity (Wildman–Crippen MR) is 100 cm³/mol. The zero-order valence-electron chi connectivity index (χ0n) is 16.7. The summed E-state index contributed by atoms with van der Waals surface area (Å²) in [6, 6.07) is 0. The molecule has 134 valence electrons. The number of hydrogen-bond acceptors (Lipinski definition) is 1. The molecule has 0 rings (SSSR count). The molecule has 0 heterocycles. The quantitative estimate of drug-likeness (QED) is 0.315. The van der Waals surface area contributed by atoms with E-state index in [-0.39, 0.29) is 0 Å². The second-order valence-electron chi connectivity index (χ2n) is 8.55. The van der Waals surface area contributed by atoms with Crippen LogP contribution >= 0.6 is 0 Å². The third-order valence-corrected chi connectivity index (χ3v) is 5.15. The number of rotatable bonds is 14. The van der Waals surface area contributed by atoms with Crippen LogP contribution in [0.1, 0.15) is 93.4 Å². The average Bonchev–Trinajstić information content (AvgIpc) is 2.42. The van der Waals surface area contributed by atoms with Gasteiger partial charge in [0, 0.05) is 13.2 Å². The van der Waals surface area contributed by atoms with Crippen LogP contribution in [0.15, 0.2) is 0 Å². The van der Waals surface area contributed by atoms with Crippen molar-refractivity contribution in [3.05, 3.63) is 0 Å². The molecule has 0 aromatic heterocycles. The molecule has 0 aliphatic heterocycles. The van der Waals surface area contributed by atoms with Crippen molar-refractivity contribution in [2.45, 2.75) is 93.4 Å². The summed E-state index contributed by atoms with van der Waals surface area (Å²) >= 11 is 0. The highest BCUT2D eigenvalue weighted by Gasteiger charge is 2.09. The third-order valence-electron chi connectivity index (χ3n) is 5.15.